The van der Waals surface area contributed by atoms with Crippen molar-refractivity contribution in [2.45, 2.75) is 32.2 Å². The number of benzene rings is 1. The predicted molar refractivity (Wildman–Crippen MR) is 84.9 cm³/mol. The van der Waals surface area contributed by atoms with Crippen LogP contribution in [-0.2, 0) is 11.2 Å². The molecule has 0 spiro atoms. The van der Waals surface area contributed by atoms with Gasteiger partial charge in [-0.05, 0) is 43.5 Å². The van der Waals surface area contributed by atoms with Crippen LogP contribution in [0.3, 0.4) is 0 Å². The molecule has 0 aliphatic rings. The molecule has 0 saturated carbocycles. The van der Waals surface area contributed by atoms with Crippen molar-refractivity contribution in [1.82, 2.24) is 4.90 Å². The summed E-state index contributed by atoms with van der Waals surface area (Å²) in [5.41, 5.74) is 6.94. The molecule has 0 saturated heterocycles. The molecule has 1 rings (SSSR count). The van der Waals surface area contributed by atoms with Crippen LogP contribution < -0.4 is 10.5 Å². The topological polar surface area (TPSA) is 55.6 Å². The molecule has 2 N–H and O–H groups in total. The van der Waals surface area contributed by atoms with Gasteiger partial charge < -0.3 is 15.4 Å². The molecule has 1 aromatic carbocycles. The second-order valence-electron chi connectivity index (χ2n) is 5.17. The van der Waals surface area contributed by atoms with Crippen molar-refractivity contribution >= 4 is 21.8 Å². The lowest BCUT2D eigenvalue weighted by Crippen LogP contribution is -2.22. The highest BCUT2D eigenvalue weighted by Gasteiger charge is 2.08. The van der Waals surface area contributed by atoms with E-state index in [1.165, 1.54) is 0 Å². The number of nitrogens with zero attached hydrogens (tertiary/aromatic N) is 1. The van der Waals surface area contributed by atoms with E-state index in [0.29, 0.717) is 19.4 Å². The van der Waals surface area contributed by atoms with E-state index < -0.39 is 0 Å². The summed E-state index contributed by atoms with van der Waals surface area (Å²) in [6, 6.07) is 6.01. The molecule has 112 valence electrons. The minimum Gasteiger partial charge on any atom is -0.493 e. The summed E-state index contributed by atoms with van der Waals surface area (Å²) in [5, 5.41) is 0. The van der Waals surface area contributed by atoms with E-state index in [4.69, 9.17) is 10.5 Å². The van der Waals surface area contributed by atoms with Crippen molar-refractivity contribution in [1.29, 1.82) is 0 Å². The van der Waals surface area contributed by atoms with Gasteiger partial charge in [-0.2, -0.15) is 0 Å². The summed E-state index contributed by atoms with van der Waals surface area (Å²) in [6.45, 7) is 2.51. The number of carbonyl (C=O) groups is 1. The number of rotatable bonds is 7. The molecule has 1 amide bonds. The maximum atomic E-state index is 11.5. The van der Waals surface area contributed by atoms with Gasteiger partial charge in [0, 0.05) is 31.0 Å². The molecular weight excluding hydrogens is 320 g/mol. The lowest BCUT2D eigenvalue weighted by atomic mass is 10.1. The van der Waals surface area contributed by atoms with Crippen molar-refractivity contribution < 1.29 is 9.53 Å². The number of carbonyl (C=O) groups excluding carboxylic acids is 1. The zero-order chi connectivity index (χ0) is 15.1. The van der Waals surface area contributed by atoms with E-state index in [0.717, 1.165) is 22.2 Å². The maximum absolute atomic E-state index is 11.5. The van der Waals surface area contributed by atoms with Gasteiger partial charge in [-0.25, -0.2) is 0 Å². The Morgan fingerprint density at radius 1 is 1.45 bits per heavy atom. The molecule has 1 atom stereocenters. The minimum atomic E-state index is 0.0852. The third kappa shape index (κ3) is 5.92. The number of nitrogens with two attached hydrogens (primary N) is 1. The zero-order valence-electron chi connectivity index (χ0n) is 12.4. The second-order valence-corrected chi connectivity index (χ2v) is 6.09. The Hall–Kier alpha value is -1.07. The van der Waals surface area contributed by atoms with Gasteiger partial charge in [0.05, 0.1) is 6.61 Å². The summed E-state index contributed by atoms with van der Waals surface area (Å²) in [6.07, 6.45) is 1.99. The molecule has 0 aliphatic carbocycles. The molecule has 5 heteroatoms. The average Bonchev–Trinajstić information content (AvgIpc) is 2.35. The van der Waals surface area contributed by atoms with E-state index in [1.54, 1.807) is 19.0 Å². The van der Waals surface area contributed by atoms with Crippen LogP contribution in [0, 0.1) is 0 Å². The molecule has 4 nitrogen and oxygen atoms in total. The molecule has 0 heterocycles. The number of ether oxygens (including phenoxy) is 1. The van der Waals surface area contributed by atoms with E-state index in [9.17, 15) is 4.79 Å². The highest BCUT2D eigenvalue weighted by molar-refractivity contribution is 9.10. The van der Waals surface area contributed by atoms with Crippen LogP contribution in [0.4, 0.5) is 0 Å². The van der Waals surface area contributed by atoms with Gasteiger partial charge in [-0.1, -0.05) is 15.9 Å². The summed E-state index contributed by atoms with van der Waals surface area (Å²) < 4.78 is 6.79. The minimum absolute atomic E-state index is 0.0852. The van der Waals surface area contributed by atoms with Crippen molar-refractivity contribution in [2.24, 2.45) is 5.73 Å². The Kier molecular flexibility index (Phi) is 7.02. The first-order valence-corrected chi connectivity index (χ1v) is 7.56. The van der Waals surface area contributed by atoms with Gasteiger partial charge in [0.25, 0.3) is 0 Å². The Bertz CT molecular complexity index is 447. The van der Waals surface area contributed by atoms with Crippen LogP contribution in [0.2, 0.25) is 0 Å². The SMILES string of the molecule is CC(N)Cc1cc(Br)ccc1OCCCC(=O)N(C)C. The molecule has 1 aromatic rings. The van der Waals surface area contributed by atoms with Crippen LogP contribution >= 0.6 is 15.9 Å². The van der Waals surface area contributed by atoms with Crippen LogP contribution in [0.5, 0.6) is 5.75 Å². The van der Waals surface area contributed by atoms with E-state index in [1.807, 2.05) is 25.1 Å². The largest absolute Gasteiger partial charge is 0.493 e. The standard InChI is InChI=1S/C15H23BrN2O2/c1-11(17)9-12-10-13(16)6-7-14(12)20-8-4-5-15(19)18(2)3/h6-7,10-11H,4-5,8-9,17H2,1-3H3. The van der Waals surface area contributed by atoms with E-state index in [-0.39, 0.29) is 11.9 Å². The Morgan fingerprint density at radius 3 is 2.75 bits per heavy atom. The monoisotopic (exact) mass is 342 g/mol. The normalized spacial score (nSPS) is 12.1. The van der Waals surface area contributed by atoms with Crippen molar-refractivity contribution in [2.75, 3.05) is 20.7 Å². The van der Waals surface area contributed by atoms with Crippen LogP contribution in [0.15, 0.2) is 22.7 Å². The Labute approximate surface area is 129 Å². The Morgan fingerprint density at radius 2 is 2.15 bits per heavy atom. The fourth-order valence-electron chi connectivity index (χ4n) is 1.82. The third-order valence-corrected chi connectivity index (χ3v) is 3.35. The smallest absolute Gasteiger partial charge is 0.222 e. The second kappa shape index (κ2) is 8.27. The number of amides is 1. The lowest BCUT2D eigenvalue weighted by molar-refractivity contribution is -0.128. The van der Waals surface area contributed by atoms with E-state index >= 15 is 0 Å². The Balaban J connectivity index is 2.52. The van der Waals surface area contributed by atoms with Gasteiger partial charge in [-0.3, -0.25) is 4.79 Å². The van der Waals surface area contributed by atoms with Gasteiger partial charge in [-0.15, -0.1) is 0 Å². The first-order valence-electron chi connectivity index (χ1n) is 6.77. The molecule has 20 heavy (non-hydrogen) atoms. The molecule has 0 aliphatic heterocycles. The quantitative estimate of drug-likeness (QED) is 0.775. The fourth-order valence-corrected chi connectivity index (χ4v) is 2.23. The number of hydrogen-bond donors (Lipinski definition) is 1. The maximum Gasteiger partial charge on any atom is 0.222 e. The van der Waals surface area contributed by atoms with Crippen LogP contribution in [0.25, 0.3) is 0 Å². The first kappa shape index (κ1) is 17.0. The predicted octanol–water partition coefficient (Wildman–Crippen LogP) is 2.59. The third-order valence-electron chi connectivity index (χ3n) is 2.86. The van der Waals surface area contributed by atoms with Gasteiger partial charge in [0.2, 0.25) is 5.91 Å². The highest BCUT2D eigenvalue weighted by Crippen LogP contribution is 2.24. The van der Waals surface area contributed by atoms with E-state index in [2.05, 4.69) is 15.9 Å². The summed E-state index contributed by atoms with van der Waals surface area (Å²) in [7, 11) is 3.53. The lowest BCUT2D eigenvalue weighted by Gasteiger charge is -2.14. The van der Waals surface area contributed by atoms with Crippen LogP contribution in [-0.4, -0.2) is 37.6 Å². The zero-order valence-corrected chi connectivity index (χ0v) is 13.9. The van der Waals surface area contributed by atoms with Gasteiger partial charge in [0.1, 0.15) is 5.75 Å². The highest BCUT2D eigenvalue weighted by atomic mass is 79.9. The number of hydrogen-bond acceptors (Lipinski definition) is 3. The van der Waals surface area contributed by atoms with Crippen molar-refractivity contribution in [3.05, 3.63) is 28.2 Å². The number of halogens is 1. The van der Waals surface area contributed by atoms with Gasteiger partial charge in [0.15, 0.2) is 0 Å². The van der Waals surface area contributed by atoms with Crippen LogP contribution in [0.1, 0.15) is 25.3 Å². The molecule has 0 fully saturated rings. The molecular formula is C15H23BrN2O2. The molecule has 0 aromatic heterocycles. The average molecular weight is 343 g/mol. The van der Waals surface area contributed by atoms with Gasteiger partial charge >= 0.3 is 0 Å². The molecule has 0 bridgehead atoms. The van der Waals surface area contributed by atoms with Crippen molar-refractivity contribution in [3.63, 3.8) is 0 Å². The molecule has 0 radical (unpaired) electrons. The summed E-state index contributed by atoms with van der Waals surface area (Å²) in [5.74, 6) is 0.975. The summed E-state index contributed by atoms with van der Waals surface area (Å²) >= 11 is 3.46. The molecule has 1 unspecified atom stereocenters. The summed E-state index contributed by atoms with van der Waals surface area (Å²) in [4.78, 5) is 13.1. The van der Waals surface area contributed by atoms with Crippen molar-refractivity contribution in [3.8, 4) is 5.75 Å². The first-order chi connectivity index (χ1) is 9.40. The fraction of sp³-hybridized carbons (Fsp3) is 0.533.